The highest BCUT2D eigenvalue weighted by molar-refractivity contribution is 8.00. The second-order valence-electron chi connectivity index (χ2n) is 6.24. The molecule has 0 saturated heterocycles. The van der Waals surface area contributed by atoms with Gasteiger partial charge in [-0.1, -0.05) is 30.3 Å². The van der Waals surface area contributed by atoms with Gasteiger partial charge in [0.15, 0.2) is 5.13 Å². The fraction of sp³-hybridized carbons (Fsp3) is 0.190. The zero-order chi connectivity index (χ0) is 20.1. The van der Waals surface area contributed by atoms with Crippen molar-refractivity contribution in [3.05, 3.63) is 59.5 Å². The maximum atomic E-state index is 12.6. The first kappa shape index (κ1) is 20.1. The van der Waals surface area contributed by atoms with Crippen LogP contribution in [0.1, 0.15) is 18.7 Å². The van der Waals surface area contributed by atoms with Gasteiger partial charge in [0, 0.05) is 27.9 Å². The summed E-state index contributed by atoms with van der Waals surface area (Å²) in [7, 11) is 0. The highest BCUT2D eigenvalue weighted by Crippen LogP contribution is 2.31. The van der Waals surface area contributed by atoms with Gasteiger partial charge in [0.25, 0.3) is 0 Å². The number of amides is 2. The zero-order valence-electron chi connectivity index (χ0n) is 15.9. The van der Waals surface area contributed by atoms with Crippen molar-refractivity contribution < 1.29 is 9.59 Å². The molecule has 3 aromatic rings. The van der Waals surface area contributed by atoms with E-state index in [0.29, 0.717) is 5.13 Å². The molecule has 144 valence electrons. The number of hydrogen-bond acceptors (Lipinski definition) is 5. The van der Waals surface area contributed by atoms with Gasteiger partial charge in [-0.3, -0.25) is 9.59 Å². The topological polar surface area (TPSA) is 71.1 Å². The molecule has 0 aliphatic carbocycles. The van der Waals surface area contributed by atoms with Crippen LogP contribution in [0.3, 0.4) is 0 Å². The maximum absolute atomic E-state index is 12.6. The molecule has 0 aliphatic heterocycles. The lowest BCUT2D eigenvalue weighted by Crippen LogP contribution is -2.22. The quantitative estimate of drug-likeness (QED) is 0.547. The number of thioether (sulfide) groups is 1. The summed E-state index contributed by atoms with van der Waals surface area (Å²) in [6.45, 7) is 5.34. The molecule has 0 radical (unpaired) electrons. The maximum Gasteiger partial charge on any atom is 0.239 e. The number of anilines is 2. The fourth-order valence-electron chi connectivity index (χ4n) is 2.60. The number of aromatic nitrogens is 1. The summed E-state index contributed by atoms with van der Waals surface area (Å²) in [4.78, 5) is 30.3. The van der Waals surface area contributed by atoms with Crippen LogP contribution in [0.2, 0.25) is 0 Å². The second-order valence-corrected chi connectivity index (χ2v) is 8.86. The molecule has 3 rings (SSSR count). The molecule has 5 nitrogen and oxygen atoms in total. The molecule has 0 aliphatic rings. The van der Waals surface area contributed by atoms with E-state index in [1.807, 2.05) is 68.4 Å². The Hall–Kier alpha value is -2.64. The van der Waals surface area contributed by atoms with E-state index in [2.05, 4.69) is 15.6 Å². The number of carbonyl (C=O) groups is 2. The number of rotatable bonds is 6. The minimum absolute atomic E-state index is 0.0932. The lowest BCUT2D eigenvalue weighted by atomic mass is 10.1. The standard InChI is InChI=1S/C21H21N3O2S2/c1-13-19(16-7-5-4-6-8-16)23-21(28-13)24-20(26)14(2)27-18-11-9-17(10-12-18)22-15(3)25/h4-12,14H,1-3H3,(H,22,25)(H,23,24,26). The third kappa shape index (κ3) is 5.21. The normalized spacial score (nSPS) is 11.7. The fourth-order valence-corrected chi connectivity index (χ4v) is 4.30. The molecule has 1 heterocycles. The van der Waals surface area contributed by atoms with Gasteiger partial charge < -0.3 is 10.6 Å². The number of nitrogens with zero attached hydrogens (tertiary/aromatic N) is 1. The molecule has 0 spiro atoms. The van der Waals surface area contributed by atoms with E-state index in [1.165, 1.54) is 30.0 Å². The highest BCUT2D eigenvalue weighted by Gasteiger charge is 2.17. The minimum atomic E-state index is -0.281. The lowest BCUT2D eigenvalue weighted by molar-refractivity contribution is -0.115. The highest BCUT2D eigenvalue weighted by atomic mass is 32.2. The van der Waals surface area contributed by atoms with Crippen molar-refractivity contribution in [2.24, 2.45) is 0 Å². The Morgan fingerprint density at radius 1 is 1.04 bits per heavy atom. The number of nitrogens with one attached hydrogen (secondary N) is 2. The molecule has 0 bridgehead atoms. The molecular formula is C21H21N3O2S2. The molecule has 0 fully saturated rings. The number of aryl methyl sites for hydroxylation is 1. The minimum Gasteiger partial charge on any atom is -0.326 e. The van der Waals surface area contributed by atoms with Gasteiger partial charge in [-0.25, -0.2) is 4.98 Å². The summed E-state index contributed by atoms with van der Waals surface area (Å²) in [5.41, 5.74) is 2.67. The number of carbonyl (C=O) groups excluding carboxylic acids is 2. The SMILES string of the molecule is CC(=O)Nc1ccc(SC(C)C(=O)Nc2nc(-c3ccccc3)c(C)s2)cc1. The summed E-state index contributed by atoms with van der Waals surface area (Å²) in [6.07, 6.45) is 0. The van der Waals surface area contributed by atoms with Crippen molar-refractivity contribution in [1.29, 1.82) is 0 Å². The summed E-state index contributed by atoms with van der Waals surface area (Å²) >= 11 is 2.93. The van der Waals surface area contributed by atoms with E-state index >= 15 is 0 Å². The van der Waals surface area contributed by atoms with Crippen LogP contribution in [0, 0.1) is 6.92 Å². The molecule has 7 heteroatoms. The smallest absolute Gasteiger partial charge is 0.239 e. The van der Waals surface area contributed by atoms with Gasteiger partial charge in [-0.15, -0.1) is 23.1 Å². The van der Waals surface area contributed by atoms with E-state index in [4.69, 9.17) is 0 Å². The Kier molecular flexibility index (Phi) is 6.49. The Morgan fingerprint density at radius 2 is 1.71 bits per heavy atom. The second kappa shape index (κ2) is 9.03. The Bertz CT molecular complexity index is 969. The summed E-state index contributed by atoms with van der Waals surface area (Å²) in [5, 5.41) is 5.97. The van der Waals surface area contributed by atoms with Gasteiger partial charge in [0.05, 0.1) is 10.9 Å². The summed E-state index contributed by atoms with van der Waals surface area (Å²) in [6, 6.07) is 17.4. The molecular weight excluding hydrogens is 390 g/mol. The van der Waals surface area contributed by atoms with Crippen LogP contribution >= 0.6 is 23.1 Å². The third-order valence-electron chi connectivity index (χ3n) is 3.93. The van der Waals surface area contributed by atoms with Crippen molar-refractivity contribution >= 4 is 45.7 Å². The van der Waals surface area contributed by atoms with E-state index < -0.39 is 0 Å². The van der Waals surface area contributed by atoms with Gasteiger partial charge in [0.1, 0.15) is 0 Å². The lowest BCUT2D eigenvalue weighted by Gasteiger charge is -2.11. The summed E-state index contributed by atoms with van der Waals surface area (Å²) in [5.74, 6) is -0.203. The van der Waals surface area contributed by atoms with Crippen LogP contribution < -0.4 is 10.6 Å². The third-order valence-corrected chi connectivity index (χ3v) is 5.93. The predicted molar refractivity (Wildman–Crippen MR) is 117 cm³/mol. The van der Waals surface area contributed by atoms with Crippen molar-refractivity contribution in [3.8, 4) is 11.3 Å². The Balaban J connectivity index is 1.62. The predicted octanol–water partition coefficient (Wildman–Crippen LogP) is 5.20. The number of hydrogen-bond donors (Lipinski definition) is 2. The van der Waals surface area contributed by atoms with Gasteiger partial charge in [0.2, 0.25) is 11.8 Å². The molecule has 2 amide bonds. The Morgan fingerprint density at radius 3 is 2.36 bits per heavy atom. The molecule has 1 aromatic heterocycles. The first-order valence-electron chi connectivity index (χ1n) is 8.80. The average Bonchev–Trinajstić information content (AvgIpc) is 3.03. The van der Waals surface area contributed by atoms with Crippen LogP contribution in [0.15, 0.2) is 59.5 Å². The van der Waals surface area contributed by atoms with E-state index in [1.54, 1.807) is 0 Å². The number of thiazole rings is 1. The van der Waals surface area contributed by atoms with E-state index in [9.17, 15) is 9.59 Å². The summed E-state index contributed by atoms with van der Waals surface area (Å²) < 4.78 is 0. The first-order valence-corrected chi connectivity index (χ1v) is 10.5. The van der Waals surface area contributed by atoms with Crippen molar-refractivity contribution in [2.75, 3.05) is 10.6 Å². The van der Waals surface area contributed by atoms with Crippen molar-refractivity contribution in [3.63, 3.8) is 0 Å². The molecule has 2 N–H and O–H groups in total. The molecule has 2 aromatic carbocycles. The molecule has 28 heavy (non-hydrogen) atoms. The van der Waals surface area contributed by atoms with Crippen LogP contribution in [0.25, 0.3) is 11.3 Å². The van der Waals surface area contributed by atoms with Crippen molar-refractivity contribution in [1.82, 2.24) is 4.98 Å². The first-order chi connectivity index (χ1) is 13.4. The van der Waals surface area contributed by atoms with E-state index in [-0.39, 0.29) is 17.1 Å². The number of benzene rings is 2. The van der Waals surface area contributed by atoms with Gasteiger partial charge >= 0.3 is 0 Å². The molecule has 0 saturated carbocycles. The molecule has 1 atom stereocenters. The van der Waals surface area contributed by atoms with E-state index in [0.717, 1.165) is 26.7 Å². The van der Waals surface area contributed by atoms with Crippen molar-refractivity contribution in [2.45, 2.75) is 30.9 Å². The zero-order valence-corrected chi connectivity index (χ0v) is 17.5. The average molecular weight is 412 g/mol. The van der Waals surface area contributed by atoms with Crippen LogP contribution in [-0.4, -0.2) is 22.0 Å². The largest absolute Gasteiger partial charge is 0.326 e. The van der Waals surface area contributed by atoms with Crippen LogP contribution in [0.5, 0.6) is 0 Å². The van der Waals surface area contributed by atoms with Gasteiger partial charge in [-0.2, -0.15) is 0 Å². The van der Waals surface area contributed by atoms with Gasteiger partial charge in [-0.05, 0) is 38.1 Å². The Labute approximate surface area is 172 Å². The molecule has 1 unspecified atom stereocenters. The van der Waals surface area contributed by atoms with Crippen LogP contribution in [0.4, 0.5) is 10.8 Å². The monoisotopic (exact) mass is 411 g/mol. The van der Waals surface area contributed by atoms with Crippen LogP contribution in [-0.2, 0) is 9.59 Å².